The Kier molecular flexibility index (Phi) is 4.36. The molecule has 0 spiro atoms. The number of hydrogen-bond donors (Lipinski definition) is 2. The molecule has 2 aromatic carbocycles. The van der Waals surface area contributed by atoms with Gasteiger partial charge in [0.15, 0.2) is 5.75 Å². The molecule has 3 aromatic rings. The third kappa shape index (κ3) is 2.96. The van der Waals surface area contributed by atoms with Gasteiger partial charge in [-0.15, -0.1) is 0 Å². The van der Waals surface area contributed by atoms with Crippen molar-refractivity contribution in [2.45, 2.75) is 19.4 Å². The molecule has 4 rings (SSSR count). The van der Waals surface area contributed by atoms with Crippen LogP contribution in [0, 0.1) is 5.82 Å². The van der Waals surface area contributed by atoms with Crippen LogP contribution in [0.4, 0.5) is 4.39 Å². The fourth-order valence-electron chi connectivity index (χ4n) is 3.52. The molecule has 0 saturated heterocycles. The number of aromatic hydroxyl groups is 2. The Morgan fingerprint density at radius 3 is 2.81 bits per heavy atom. The number of fused-ring (bicyclic) bond motifs is 2. The minimum Gasteiger partial charge on any atom is -0.507 e. The van der Waals surface area contributed by atoms with Gasteiger partial charge in [-0.1, -0.05) is 17.7 Å². The number of phenolic OH excluding ortho intramolecular Hbond substituents is 2. The predicted molar refractivity (Wildman–Crippen MR) is 99.5 cm³/mol. The maximum absolute atomic E-state index is 13.4. The van der Waals surface area contributed by atoms with Gasteiger partial charge in [-0.2, -0.15) is 0 Å². The SMILES string of the molecule is O=C1c2c(c(O)c3cccnc3c2O)CCCN1Cc1ccc(F)c(Cl)c1. The van der Waals surface area contributed by atoms with Crippen LogP contribution < -0.4 is 0 Å². The Balaban J connectivity index is 1.78. The lowest BCUT2D eigenvalue weighted by atomic mass is 9.97. The third-order valence-corrected chi connectivity index (χ3v) is 5.11. The van der Waals surface area contributed by atoms with E-state index in [1.807, 2.05) is 0 Å². The van der Waals surface area contributed by atoms with Gasteiger partial charge in [0.2, 0.25) is 0 Å². The topological polar surface area (TPSA) is 73.7 Å². The minimum absolute atomic E-state index is 0.00847. The number of halogens is 2. The lowest BCUT2D eigenvalue weighted by Gasteiger charge is -2.22. The first kappa shape index (κ1) is 17.5. The van der Waals surface area contributed by atoms with Crippen LogP contribution in [0.15, 0.2) is 36.5 Å². The molecule has 27 heavy (non-hydrogen) atoms. The summed E-state index contributed by atoms with van der Waals surface area (Å²) in [7, 11) is 0. The summed E-state index contributed by atoms with van der Waals surface area (Å²) in [6.45, 7) is 0.657. The van der Waals surface area contributed by atoms with E-state index in [1.165, 1.54) is 18.3 Å². The lowest BCUT2D eigenvalue weighted by Crippen LogP contribution is -2.30. The van der Waals surface area contributed by atoms with E-state index < -0.39 is 11.7 Å². The molecule has 2 N–H and O–H groups in total. The number of aromatic nitrogens is 1. The molecule has 2 heterocycles. The first-order valence-corrected chi connectivity index (χ1v) is 8.90. The second-order valence-corrected chi connectivity index (χ2v) is 6.94. The second-order valence-electron chi connectivity index (χ2n) is 6.53. The highest BCUT2D eigenvalue weighted by Crippen LogP contribution is 2.41. The fraction of sp³-hybridized carbons (Fsp3) is 0.200. The third-order valence-electron chi connectivity index (χ3n) is 4.82. The summed E-state index contributed by atoms with van der Waals surface area (Å²) >= 11 is 5.83. The van der Waals surface area contributed by atoms with Crippen LogP contribution in [0.25, 0.3) is 10.9 Å². The minimum atomic E-state index is -0.520. The molecule has 138 valence electrons. The average molecular weight is 387 g/mol. The molecule has 0 radical (unpaired) electrons. The monoisotopic (exact) mass is 386 g/mol. The van der Waals surface area contributed by atoms with Gasteiger partial charge in [-0.05, 0) is 42.7 Å². The van der Waals surface area contributed by atoms with Crippen molar-refractivity contribution >= 4 is 28.4 Å². The zero-order valence-corrected chi connectivity index (χ0v) is 15.0. The van der Waals surface area contributed by atoms with E-state index >= 15 is 0 Å². The molecule has 0 aliphatic carbocycles. The molecule has 0 saturated carbocycles. The van der Waals surface area contributed by atoms with E-state index in [0.29, 0.717) is 35.9 Å². The summed E-state index contributed by atoms with van der Waals surface area (Å²) in [4.78, 5) is 18.8. The number of amides is 1. The van der Waals surface area contributed by atoms with Crippen LogP contribution in [0.5, 0.6) is 11.5 Å². The van der Waals surface area contributed by atoms with Crippen molar-refractivity contribution in [2.75, 3.05) is 6.54 Å². The summed E-state index contributed by atoms with van der Waals surface area (Å²) in [5.74, 6) is -1.17. The van der Waals surface area contributed by atoms with Crippen LogP contribution in [-0.4, -0.2) is 32.5 Å². The Labute approximate surface area is 159 Å². The van der Waals surface area contributed by atoms with E-state index in [-0.39, 0.29) is 34.1 Å². The Morgan fingerprint density at radius 1 is 1.22 bits per heavy atom. The van der Waals surface area contributed by atoms with E-state index in [4.69, 9.17) is 11.6 Å². The molecule has 1 amide bonds. The highest BCUT2D eigenvalue weighted by Gasteiger charge is 2.30. The molecule has 0 atom stereocenters. The van der Waals surface area contributed by atoms with Gasteiger partial charge < -0.3 is 15.1 Å². The number of nitrogens with zero attached hydrogens (tertiary/aromatic N) is 2. The largest absolute Gasteiger partial charge is 0.507 e. The van der Waals surface area contributed by atoms with Gasteiger partial charge in [-0.3, -0.25) is 9.78 Å². The van der Waals surface area contributed by atoms with Crippen molar-refractivity contribution in [3.63, 3.8) is 0 Å². The number of pyridine rings is 1. The van der Waals surface area contributed by atoms with Gasteiger partial charge >= 0.3 is 0 Å². The first-order chi connectivity index (χ1) is 13.0. The second kappa shape index (κ2) is 6.70. The van der Waals surface area contributed by atoms with Crippen LogP contribution >= 0.6 is 11.6 Å². The molecule has 5 nitrogen and oxygen atoms in total. The van der Waals surface area contributed by atoms with E-state index in [1.54, 1.807) is 23.1 Å². The molecule has 1 aromatic heterocycles. The number of hydrogen-bond acceptors (Lipinski definition) is 4. The van der Waals surface area contributed by atoms with Crippen molar-refractivity contribution in [1.29, 1.82) is 0 Å². The Hall–Kier alpha value is -2.86. The fourth-order valence-corrected chi connectivity index (χ4v) is 3.72. The Morgan fingerprint density at radius 2 is 2.04 bits per heavy atom. The van der Waals surface area contributed by atoms with E-state index in [9.17, 15) is 19.4 Å². The molecule has 1 aliphatic heterocycles. The summed E-state index contributed by atoms with van der Waals surface area (Å²) < 4.78 is 13.4. The number of carbonyl (C=O) groups is 1. The Bertz CT molecular complexity index is 1070. The number of phenols is 2. The maximum atomic E-state index is 13.4. The van der Waals surface area contributed by atoms with Crippen molar-refractivity contribution in [1.82, 2.24) is 9.88 Å². The lowest BCUT2D eigenvalue weighted by molar-refractivity contribution is 0.0746. The van der Waals surface area contributed by atoms with Gasteiger partial charge in [0.25, 0.3) is 5.91 Å². The molecule has 0 unspecified atom stereocenters. The van der Waals surface area contributed by atoms with Crippen LogP contribution in [-0.2, 0) is 13.0 Å². The molecular formula is C20H16ClFN2O3. The molecule has 1 aliphatic rings. The highest BCUT2D eigenvalue weighted by molar-refractivity contribution is 6.30. The normalized spacial score (nSPS) is 14.3. The zero-order chi connectivity index (χ0) is 19.1. The molecule has 0 fully saturated rings. The average Bonchev–Trinajstić information content (AvgIpc) is 2.82. The highest BCUT2D eigenvalue weighted by atomic mass is 35.5. The van der Waals surface area contributed by atoms with Crippen molar-refractivity contribution in [2.24, 2.45) is 0 Å². The van der Waals surface area contributed by atoms with E-state index in [2.05, 4.69) is 4.98 Å². The first-order valence-electron chi connectivity index (χ1n) is 8.52. The van der Waals surface area contributed by atoms with Gasteiger partial charge in [0.05, 0.1) is 10.6 Å². The van der Waals surface area contributed by atoms with Crippen molar-refractivity contribution < 1.29 is 19.4 Å². The zero-order valence-electron chi connectivity index (χ0n) is 14.2. The smallest absolute Gasteiger partial charge is 0.258 e. The molecule has 7 heteroatoms. The summed E-state index contributed by atoms with van der Waals surface area (Å²) in [6, 6.07) is 7.63. The van der Waals surface area contributed by atoms with Crippen molar-refractivity contribution in [3.8, 4) is 11.5 Å². The molecule has 0 bridgehead atoms. The molecular weight excluding hydrogens is 371 g/mol. The number of benzene rings is 2. The standard InChI is InChI=1S/C20H16ClFN2O3/c21-14-9-11(5-6-15(14)22)10-24-8-2-4-12-16(20(24)27)19(26)17-13(18(12)25)3-1-7-23-17/h1,3,5-7,9,25-26H,2,4,8,10H2. The van der Waals surface area contributed by atoms with Crippen LogP contribution in [0.2, 0.25) is 5.02 Å². The number of carbonyl (C=O) groups excluding carboxylic acids is 1. The maximum Gasteiger partial charge on any atom is 0.258 e. The summed E-state index contributed by atoms with van der Waals surface area (Å²) in [5.41, 5.74) is 1.37. The quantitative estimate of drug-likeness (QED) is 0.652. The number of rotatable bonds is 2. The van der Waals surface area contributed by atoms with Gasteiger partial charge in [-0.25, -0.2) is 4.39 Å². The van der Waals surface area contributed by atoms with Crippen molar-refractivity contribution in [3.05, 3.63) is 64.1 Å². The summed E-state index contributed by atoms with van der Waals surface area (Å²) in [6.07, 6.45) is 2.56. The summed E-state index contributed by atoms with van der Waals surface area (Å²) in [5, 5.41) is 21.7. The van der Waals surface area contributed by atoms with Gasteiger partial charge in [0.1, 0.15) is 17.1 Å². The van der Waals surface area contributed by atoms with Crippen LogP contribution in [0.3, 0.4) is 0 Å². The predicted octanol–water partition coefficient (Wildman–Crippen LogP) is 4.03. The van der Waals surface area contributed by atoms with E-state index in [0.717, 1.165) is 0 Å². The van der Waals surface area contributed by atoms with Crippen LogP contribution in [0.1, 0.15) is 27.9 Å². The van der Waals surface area contributed by atoms with Gasteiger partial charge in [0, 0.05) is 30.2 Å².